The molecule has 1 aromatic heterocycles. The molecule has 2 N–H and O–H groups in total. The first-order valence-electron chi connectivity index (χ1n) is 7.41. The summed E-state index contributed by atoms with van der Waals surface area (Å²) in [6.45, 7) is 5.94. The molecule has 0 bridgehead atoms. The Bertz CT molecular complexity index is 508. The van der Waals surface area contributed by atoms with Crippen LogP contribution in [0.2, 0.25) is 0 Å². The number of amides is 1. The lowest BCUT2D eigenvalue weighted by Gasteiger charge is -2.35. The minimum Gasteiger partial charge on any atom is -0.370 e. The molecule has 0 saturated carbocycles. The van der Waals surface area contributed by atoms with Gasteiger partial charge < -0.3 is 15.5 Å². The summed E-state index contributed by atoms with van der Waals surface area (Å²) in [5, 5.41) is 6.28. The average molecular weight is 355 g/mol. The van der Waals surface area contributed by atoms with Crippen LogP contribution in [0, 0.1) is 0 Å². The molecule has 0 aliphatic carbocycles. The molecule has 6 heteroatoms. The number of pyridine rings is 1. The number of carbonyl (C=O) groups is 1. The highest BCUT2D eigenvalue weighted by atomic mass is 79.9. The van der Waals surface area contributed by atoms with Crippen molar-refractivity contribution in [3.05, 3.63) is 22.3 Å². The molecular weight excluding hydrogens is 332 g/mol. The molecule has 21 heavy (non-hydrogen) atoms. The van der Waals surface area contributed by atoms with Gasteiger partial charge in [-0.15, -0.1) is 0 Å². The molecule has 2 heterocycles. The number of hydrogen-bond acceptors (Lipinski definition) is 4. The van der Waals surface area contributed by atoms with Crippen LogP contribution in [0.25, 0.3) is 0 Å². The predicted molar refractivity (Wildman–Crippen MR) is 88.7 cm³/mol. The maximum Gasteiger partial charge on any atom is 0.255 e. The molecule has 1 amide bonds. The maximum atomic E-state index is 12.5. The van der Waals surface area contributed by atoms with Crippen LogP contribution in [0.5, 0.6) is 0 Å². The Balaban J connectivity index is 2.08. The van der Waals surface area contributed by atoms with Crippen molar-refractivity contribution in [1.82, 2.24) is 15.2 Å². The summed E-state index contributed by atoms with van der Waals surface area (Å²) in [5.74, 6) is 0.584. The van der Waals surface area contributed by atoms with Crippen molar-refractivity contribution in [2.75, 3.05) is 25.5 Å². The van der Waals surface area contributed by atoms with Gasteiger partial charge in [-0.2, -0.15) is 0 Å². The minimum absolute atomic E-state index is 0.0542. The van der Waals surface area contributed by atoms with Gasteiger partial charge in [-0.3, -0.25) is 4.79 Å². The average Bonchev–Trinajstić information content (AvgIpc) is 2.45. The lowest BCUT2D eigenvalue weighted by atomic mass is 9.98. The largest absolute Gasteiger partial charge is 0.370 e. The summed E-state index contributed by atoms with van der Waals surface area (Å²) in [6.07, 6.45) is 3.68. The third-order valence-corrected chi connectivity index (χ3v) is 4.42. The number of nitrogens with one attached hydrogen (secondary N) is 2. The fraction of sp³-hybridized carbons (Fsp3) is 0.600. The Morgan fingerprint density at radius 2 is 2.33 bits per heavy atom. The van der Waals surface area contributed by atoms with Gasteiger partial charge in [0.05, 0.1) is 5.56 Å². The second kappa shape index (κ2) is 7.22. The Hall–Kier alpha value is -1.14. The molecule has 1 aliphatic rings. The Morgan fingerprint density at radius 3 is 3.00 bits per heavy atom. The number of piperidine rings is 1. The number of halogens is 1. The van der Waals surface area contributed by atoms with Gasteiger partial charge in [0.15, 0.2) is 0 Å². The Morgan fingerprint density at radius 1 is 1.57 bits per heavy atom. The van der Waals surface area contributed by atoms with Crippen molar-refractivity contribution < 1.29 is 4.79 Å². The van der Waals surface area contributed by atoms with E-state index in [-0.39, 0.29) is 11.9 Å². The van der Waals surface area contributed by atoms with E-state index in [0.717, 1.165) is 30.4 Å². The van der Waals surface area contributed by atoms with Crippen LogP contribution in [-0.4, -0.2) is 48.0 Å². The monoisotopic (exact) mass is 354 g/mol. The SMILES string of the molecule is CCNc1ncc(Br)cc1C(=O)NC1CCN(C)C(C)C1. The number of carbonyl (C=O) groups excluding carboxylic acids is 1. The van der Waals surface area contributed by atoms with E-state index in [2.05, 4.69) is 50.4 Å². The molecule has 1 saturated heterocycles. The molecule has 2 atom stereocenters. The highest BCUT2D eigenvalue weighted by Crippen LogP contribution is 2.20. The van der Waals surface area contributed by atoms with Crippen LogP contribution in [0.4, 0.5) is 5.82 Å². The summed E-state index contributed by atoms with van der Waals surface area (Å²) in [7, 11) is 2.13. The standard InChI is InChI=1S/C15H23BrN4O/c1-4-17-14-13(8-11(16)9-18-14)15(21)19-12-5-6-20(3)10(2)7-12/h8-10,12H,4-7H2,1-3H3,(H,17,18)(H,19,21). The van der Waals surface area contributed by atoms with Crippen molar-refractivity contribution in [3.8, 4) is 0 Å². The van der Waals surface area contributed by atoms with E-state index >= 15 is 0 Å². The van der Waals surface area contributed by atoms with Crippen LogP contribution < -0.4 is 10.6 Å². The van der Waals surface area contributed by atoms with Gasteiger partial charge in [-0.1, -0.05) is 0 Å². The fourth-order valence-corrected chi connectivity index (χ4v) is 2.94. The first-order chi connectivity index (χ1) is 10.0. The van der Waals surface area contributed by atoms with Crippen molar-refractivity contribution in [2.45, 2.75) is 38.8 Å². The predicted octanol–water partition coefficient (Wildman–Crippen LogP) is 2.49. The van der Waals surface area contributed by atoms with Gasteiger partial charge in [0.1, 0.15) is 5.82 Å². The van der Waals surface area contributed by atoms with Gasteiger partial charge >= 0.3 is 0 Å². The topological polar surface area (TPSA) is 57.3 Å². The van der Waals surface area contributed by atoms with E-state index in [1.54, 1.807) is 6.20 Å². The van der Waals surface area contributed by atoms with E-state index < -0.39 is 0 Å². The van der Waals surface area contributed by atoms with Gasteiger partial charge in [-0.25, -0.2) is 4.98 Å². The van der Waals surface area contributed by atoms with E-state index in [1.807, 2.05) is 13.0 Å². The molecule has 2 rings (SSSR count). The van der Waals surface area contributed by atoms with Gasteiger partial charge in [0.25, 0.3) is 5.91 Å². The van der Waals surface area contributed by atoms with Crippen LogP contribution in [0.15, 0.2) is 16.7 Å². The van der Waals surface area contributed by atoms with Crippen molar-refractivity contribution in [2.24, 2.45) is 0 Å². The highest BCUT2D eigenvalue weighted by molar-refractivity contribution is 9.10. The zero-order valence-corrected chi connectivity index (χ0v) is 14.4. The first-order valence-corrected chi connectivity index (χ1v) is 8.21. The van der Waals surface area contributed by atoms with E-state index in [1.165, 1.54) is 0 Å². The number of likely N-dealkylation sites (tertiary alicyclic amines) is 1. The van der Waals surface area contributed by atoms with Crippen LogP contribution in [0.3, 0.4) is 0 Å². The van der Waals surface area contributed by atoms with Crippen LogP contribution >= 0.6 is 15.9 Å². The zero-order valence-electron chi connectivity index (χ0n) is 12.8. The van der Waals surface area contributed by atoms with Gasteiger partial charge in [0.2, 0.25) is 0 Å². The van der Waals surface area contributed by atoms with E-state index in [4.69, 9.17) is 0 Å². The normalized spacial score (nSPS) is 22.9. The summed E-state index contributed by atoms with van der Waals surface area (Å²) < 4.78 is 0.811. The molecule has 1 fully saturated rings. The molecule has 0 radical (unpaired) electrons. The van der Waals surface area contributed by atoms with E-state index in [0.29, 0.717) is 17.4 Å². The lowest BCUT2D eigenvalue weighted by Crippen LogP contribution is -2.47. The van der Waals surface area contributed by atoms with Crippen molar-refractivity contribution in [1.29, 1.82) is 0 Å². The molecule has 1 aromatic rings. The molecule has 0 spiro atoms. The molecule has 2 unspecified atom stereocenters. The second-order valence-electron chi connectivity index (χ2n) is 5.60. The zero-order chi connectivity index (χ0) is 15.4. The number of anilines is 1. The van der Waals surface area contributed by atoms with Crippen LogP contribution in [-0.2, 0) is 0 Å². The summed E-state index contributed by atoms with van der Waals surface area (Å²) in [5.41, 5.74) is 0.595. The first kappa shape index (κ1) is 16.2. The van der Waals surface area contributed by atoms with Gasteiger partial charge in [0, 0.05) is 35.8 Å². The highest BCUT2D eigenvalue weighted by Gasteiger charge is 2.25. The molecule has 0 aromatic carbocycles. The van der Waals surface area contributed by atoms with E-state index in [9.17, 15) is 4.79 Å². The Labute approximate surface area is 134 Å². The molecule has 5 nitrogen and oxygen atoms in total. The maximum absolute atomic E-state index is 12.5. The molecule has 1 aliphatic heterocycles. The summed E-state index contributed by atoms with van der Waals surface area (Å²) in [6, 6.07) is 2.55. The number of aromatic nitrogens is 1. The van der Waals surface area contributed by atoms with Crippen molar-refractivity contribution >= 4 is 27.7 Å². The fourth-order valence-electron chi connectivity index (χ4n) is 2.60. The van der Waals surface area contributed by atoms with Crippen LogP contribution in [0.1, 0.15) is 37.0 Å². The quantitative estimate of drug-likeness (QED) is 0.871. The number of nitrogens with zero attached hydrogens (tertiary/aromatic N) is 2. The number of rotatable bonds is 4. The summed E-state index contributed by atoms with van der Waals surface area (Å²) >= 11 is 3.38. The van der Waals surface area contributed by atoms with Gasteiger partial charge in [-0.05, 0) is 55.7 Å². The molecular formula is C15H23BrN4O. The Kier molecular flexibility index (Phi) is 5.58. The minimum atomic E-state index is -0.0542. The third-order valence-electron chi connectivity index (χ3n) is 3.99. The lowest BCUT2D eigenvalue weighted by molar-refractivity contribution is 0.0897. The third kappa shape index (κ3) is 4.17. The molecule has 116 valence electrons. The van der Waals surface area contributed by atoms with Crippen molar-refractivity contribution in [3.63, 3.8) is 0 Å². The summed E-state index contributed by atoms with van der Waals surface area (Å²) in [4.78, 5) is 19.1. The smallest absolute Gasteiger partial charge is 0.255 e. The number of hydrogen-bond donors (Lipinski definition) is 2. The second-order valence-corrected chi connectivity index (χ2v) is 6.52.